The van der Waals surface area contributed by atoms with Crippen LogP contribution in [-0.2, 0) is 6.54 Å². The van der Waals surface area contributed by atoms with Gasteiger partial charge in [-0.15, -0.1) is 0 Å². The second kappa shape index (κ2) is 6.68. The van der Waals surface area contributed by atoms with E-state index in [0.29, 0.717) is 23.4 Å². The Morgan fingerprint density at radius 1 is 0.808 bits per heavy atom. The number of fused-ring (bicyclic) bond motifs is 1. The van der Waals surface area contributed by atoms with E-state index in [-0.39, 0.29) is 5.95 Å². The molecule has 0 saturated carbocycles. The van der Waals surface area contributed by atoms with Gasteiger partial charge in [-0.2, -0.15) is 9.97 Å². The van der Waals surface area contributed by atoms with Gasteiger partial charge in [0.15, 0.2) is 5.65 Å². The first-order valence-electron chi connectivity index (χ1n) is 8.26. The van der Waals surface area contributed by atoms with Crippen LogP contribution in [0.1, 0.15) is 5.56 Å². The summed E-state index contributed by atoms with van der Waals surface area (Å²) in [5.41, 5.74) is 15.3. The molecule has 0 bridgehead atoms. The van der Waals surface area contributed by atoms with E-state index >= 15 is 0 Å². The van der Waals surface area contributed by atoms with Crippen molar-refractivity contribution >= 4 is 34.2 Å². The molecule has 0 amide bonds. The molecule has 0 spiro atoms. The van der Waals surface area contributed by atoms with Crippen molar-refractivity contribution in [2.45, 2.75) is 6.54 Å². The second-order valence-corrected chi connectivity index (χ2v) is 5.94. The third kappa shape index (κ3) is 3.12. The van der Waals surface area contributed by atoms with Crippen LogP contribution < -0.4 is 16.4 Å². The van der Waals surface area contributed by atoms with Crippen LogP contribution in [0.5, 0.6) is 0 Å². The Morgan fingerprint density at radius 2 is 1.42 bits per heavy atom. The number of pyridine rings is 1. The summed E-state index contributed by atoms with van der Waals surface area (Å²) < 4.78 is 0. The van der Waals surface area contributed by atoms with Crippen LogP contribution in [0.25, 0.3) is 11.0 Å². The summed E-state index contributed by atoms with van der Waals surface area (Å²) in [4.78, 5) is 14.8. The van der Waals surface area contributed by atoms with E-state index in [1.165, 1.54) is 0 Å². The Balaban J connectivity index is 1.75. The largest absolute Gasteiger partial charge is 0.383 e. The molecule has 2 aromatic heterocycles. The van der Waals surface area contributed by atoms with E-state index in [4.69, 9.17) is 11.5 Å². The number of hydrogen-bond acceptors (Lipinski definition) is 6. The molecule has 0 saturated heterocycles. The minimum absolute atomic E-state index is 0.130. The fourth-order valence-corrected chi connectivity index (χ4v) is 2.91. The highest BCUT2D eigenvalue weighted by Gasteiger charge is 2.12. The molecule has 4 rings (SSSR count). The van der Waals surface area contributed by atoms with Gasteiger partial charge in [0.1, 0.15) is 5.82 Å². The number of nitrogens with two attached hydrogens (primary N) is 2. The highest BCUT2D eigenvalue weighted by atomic mass is 15.1. The van der Waals surface area contributed by atoms with Crippen molar-refractivity contribution in [3.05, 3.63) is 78.5 Å². The van der Waals surface area contributed by atoms with Crippen LogP contribution in [0.15, 0.2) is 72.9 Å². The zero-order chi connectivity index (χ0) is 17.9. The first kappa shape index (κ1) is 15.8. The van der Waals surface area contributed by atoms with E-state index < -0.39 is 0 Å². The molecule has 0 radical (unpaired) electrons. The van der Waals surface area contributed by atoms with Gasteiger partial charge in [-0.3, -0.25) is 0 Å². The zero-order valence-electron chi connectivity index (χ0n) is 14.1. The Hall–Kier alpha value is -3.67. The maximum Gasteiger partial charge on any atom is 0.224 e. The lowest BCUT2D eigenvalue weighted by atomic mass is 10.1. The monoisotopic (exact) mass is 342 g/mol. The van der Waals surface area contributed by atoms with E-state index in [9.17, 15) is 0 Å². The number of hydrogen-bond donors (Lipinski definition) is 2. The van der Waals surface area contributed by atoms with Crippen LogP contribution in [-0.4, -0.2) is 15.0 Å². The SMILES string of the molecule is Nc1nc(N)c2cc(CN(c3ccccc3)c3ccccc3)cnc2n1. The van der Waals surface area contributed by atoms with E-state index in [0.717, 1.165) is 16.9 Å². The smallest absolute Gasteiger partial charge is 0.224 e. The number of anilines is 4. The van der Waals surface area contributed by atoms with E-state index in [2.05, 4.69) is 44.1 Å². The van der Waals surface area contributed by atoms with Gasteiger partial charge in [0.25, 0.3) is 0 Å². The molecule has 0 fully saturated rings. The fourth-order valence-electron chi connectivity index (χ4n) is 2.91. The third-order valence-electron chi connectivity index (χ3n) is 4.13. The summed E-state index contributed by atoms with van der Waals surface area (Å²) >= 11 is 0. The van der Waals surface area contributed by atoms with Crippen LogP contribution in [0.4, 0.5) is 23.1 Å². The van der Waals surface area contributed by atoms with Gasteiger partial charge in [0, 0.05) is 24.1 Å². The Bertz CT molecular complexity index is 995. The van der Waals surface area contributed by atoms with Gasteiger partial charge in [-0.25, -0.2) is 4.98 Å². The first-order chi connectivity index (χ1) is 12.7. The summed E-state index contributed by atoms with van der Waals surface area (Å²) in [6.07, 6.45) is 1.80. The van der Waals surface area contributed by atoms with Crippen molar-refractivity contribution < 1.29 is 0 Å². The number of aromatic nitrogens is 3. The minimum Gasteiger partial charge on any atom is -0.383 e. The lowest BCUT2D eigenvalue weighted by molar-refractivity contribution is 0.967. The molecule has 0 unspecified atom stereocenters. The maximum atomic E-state index is 5.99. The summed E-state index contributed by atoms with van der Waals surface area (Å²) in [7, 11) is 0. The summed E-state index contributed by atoms with van der Waals surface area (Å²) in [6.45, 7) is 0.640. The van der Waals surface area contributed by atoms with Crippen molar-refractivity contribution in [1.82, 2.24) is 15.0 Å². The highest BCUT2D eigenvalue weighted by Crippen LogP contribution is 2.28. The molecule has 0 atom stereocenters. The van der Waals surface area contributed by atoms with E-state index in [1.807, 2.05) is 42.5 Å². The Labute approximate surface area is 151 Å². The van der Waals surface area contributed by atoms with E-state index in [1.54, 1.807) is 6.20 Å². The Morgan fingerprint density at radius 3 is 2.04 bits per heavy atom. The lowest BCUT2D eigenvalue weighted by Crippen LogP contribution is -2.16. The predicted molar refractivity (Wildman–Crippen MR) is 105 cm³/mol. The lowest BCUT2D eigenvalue weighted by Gasteiger charge is -2.25. The van der Waals surface area contributed by atoms with Crippen molar-refractivity contribution in [2.75, 3.05) is 16.4 Å². The van der Waals surface area contributed by atoms with Crippen LogP contribution in [0, 0.1) is 0 Å². The molecular weight excluding hydrogens is 324 g/mol. The van der Waals surface area contributed by atoms with Gasteiger partial charge in [-0.1, -0.05) is 36.4 Å². The highest BCUT2D eigenvalue weighted by molar-refractivity contribution is 5.86. The fraction of sp³-hybridized carbons (Fsp3) is 0.0500. The minimum atomic E-state index is 0.130. The first-order valence-corrected chi connectivity index (χ1v) is 8.26. The molecule has 2 aromatic carbocycles. The predicted octanol–water partition coefficient (Wildman–Crippen LogP) is 3.53. The number of rotatable bonds is 4. The topological polar surface area (TPSA) is 93.9 Å². The van der Waals surface area contributed by atoms with Crippen LogP contribution in [0.3, 0.4) is 0 Å². The van der Waals surface area contributed by atoms with Crippen LogP contribution in [0.2, 0.25) is 0 Å². The summed E-state index contributed by atoms with van der Waals surface area (Å²) in [6, 6.07) is 22.4. The molecule has 0 aliphatic carbocycles. The molecule has 6 heteroatoms. The number of benzene rings is 2. The molecule has 26 heavy (non-hydrogen) atoms. The van der Waals surface area contributed by atoms with Crippen molar-refractivity contribution in [3.8, 4) is 0 Å². The zero-order valence-corrected chi connectivity index (χ0v) is 14.1. The molecule has 0 aliphatic rings. The number of nitrogen functional groups attached to an aromatic ring is 2. The Kier molecular flexibility index (Phi) is 4.07. The quantitative estimate of drug-likeness (QED) is 0.589. The molecule has 6 nitrogen and oxygen atoms in total. The maximum absolute atomic E-state index is 5.99. The van der Waals surface area contributed by atoms with Gasteiger partial charge >= 0.3 is 0 Å². The number of para-hydroxylation sites is 2. The molecule has 4 aromatic rings. The van der Waals surface area contributed by atoms with Gasteiger partial charge < -0.3 is 16.4 Å². The van der Waals surface area contributed by atoms with Crippen molar-refractivity contribution in [3.63, 3.8) is 0 Å². The molecule has 2 heterocycles. The average Bonchev–Trinajstić information content (AvgIpc) is 2.68. The molecule has 0 aliphatic heterocycles. The molecule has 4 N–H and O–H groups in total. The second-order valence-electron chi connectivity index (χ2n) is 5.94. The summed E-state index contributed by atoms with van der Waals surface area (Å²) in [5.74, 6) is 0.471. The van der Waals surface area contributed by atoms with Crippen molar-refractivity contribution in [1.29, 1.82) is 0 Å². The average molecular weight is 342 g/mol. The van der Waals surface area contributed by atoms with Gasteiger partial charge in [-0.05, 0) is 35.9 Å². The van der Waals surface area contributed by atoms with Crippen LogP contribution >= 0.6 is 0 Å². The standard InChI is InChI=1S/C20H18N6/c21-18-17-11-14(12-23-19(17)25-20(22)24-18)13-26(15-7-3-1-4-8-15)16-9-5-2-6-10-16/h1-12H,13H2,(H4,21,22,23,24,25). The van der Waals surface area contributed by atoms with Gasteiger partial charge in [0.2, 0.25) is 5.95 Å². The molecule has 128 valence electrons. The molecular formula is C20H18N6. The normalized spacial score (nSPS) is 10.8. The van der Waals surface area contributed by atoms with Gasteiger partial charge in [0.05, 0.1) is 5.39 Å². The third-order valence-corrected chi connectivity index (χ3v) is 4.13. The summed E-state index contributed by atoms with van der Waals surface area (Å²) in [5, 5.41) is 0.706. The van der Waals surface area contributed by atoms with Crippen molar-refractivity contribution in [2.24, 2.45) is 0 Å². The number of nitrogens with zero attached hydrogens (tertiary/aromatic N) is 4.